The van der Waals surface area contributed by atoms with Crippen LogP contribution in [0.3, 0.4) is 0 Å². The molecule has 0 aliphatic carbocycles. The molecule has 3 heteroatoms. The van der Waals surface area contributed by atoms with Gasteiger partial charge in [0, 0.05) is 18.7 Å². The van der Waals surface area contributed by atoms with Crippen molar-refractivity contribution in [1.29, 1.82) is 0 Å². The minimum absolute atomic E-state index is 0.119. The number of hydrogen-bond acceptors (Lipinski definition) is 2. The zero-order valence-corrected chi connectivity index (χ0v) is 12.8. The van der Waals surface area contributed by atoms with Crippen LogP contribution in [0.5, 0.6) is 0 Å². The van der Waals surface area contributed by atoms with E-state index in [0.29, 0.717) is 17.7 Å². The predicted molar refractivity (Wildman–Crippen MR) is 80.4 cm³/mol. The number of halogens is 1. The molecule has 3 unspecified atom stereocenters. The first kappa shape index (κ1) is 15.5. The zero-order valence-electron chi connectivity index (χ0n) is 12.8. The van der Waals surface area contributed by atoms with Crippen LogP contribution in [0.4, 0.5) is 4.39 Å². The molecule has 0 amide bonds. The molecule has 1 aromatic carbocycles. The van der Waals surface area contributed by atoms with Gasteiger partial charge in [-0.3, -0.25) is 0 Å². The molecule has 0 saturated carbocycles. The standard InChI is InChI=1S/C17H26FNO/c1-4-5-16-11-15(8-9-20-16)19-13(3)14-7-6-12(2)17(18)10-14/h6-7,10,13,15-16,19H,4-5,8-9,11H2,1-3H3. The van der Waals surface area contributed by atoms with Crippen molar-refractivity contribution in [3.8, 4) is 0 Å². The lowest BCUT2D eigenvalue weighted by atomic mass is 9.98. The van der Waals surface area contributed by atoms with Gasteiger partial charge in [-0.15, -0.1) is 0 Å². The van der Waals surface area contributed by atoms with Crippen LogP contribution in [0.25, 0.3) is 0 Å². The van der Waals surface area contributed by atoms with E-state index in [4.69, 9.17) is 4.74 Å². The van der Waals surface area contributed by atoms with Crippen molar-refractivity contribution in [3.05, 3.63) is 35.1 Å². The second kappa shape index (κ2) is 7.19. The van der Waals surface area contributed by atoms with Crippen LogP contribution in [0, 0.1) is 12.7 Å². The monoisotopic (exact) mass is 279 g/mol. The van der Waals surface area contributed by atoms with Crippen molar-refractivity contribution in [2.45, 2.75) is 64.6 Å². The number of ether oxygens (including phenoxy) is 1. The van der Waals surface area contributed by atoms with Crippen molar-refractivity contribution >= 4 is 0 Å². The van der Waals surface area contributed by atoms with Crippen molar-refractivity contribution < 1.29 is 9.13 Å². The van der Waals surface area contributed by atoms with Crippen molar-refractivity contribution in [2.24, 2.45) is 0 Å². The van der Waals surface area contributed by atoms with Gasteiger partial charge in [0.25, 0.3) is 0 Å². The summed E-state index contributed by atoms with van der Waals surface area (Å²) < 4.78 is 19.4. The van der Waals surface area contributed by atoms with E-state index in [1.807, 2.05) is 12.1 Å². The molecule has 0 spiro atoms. The third-order valence-electron chi connectivity index (χ3n) is 4.16. The smallest absolute Gasteiger partial charge is 0.126 e. The van der Waals surface area contributed by atoms with Gasteiger partial charge in [-0.1, -0.05) is 25.5 Å². The fraction of sp³-hybridized carbons (Fsp3) is 0.647. The van der Waals surface area contributed by atoms with Crippen LogP contribution >= 0.6 is 0 Å². The topological polar surface area (TPSA) is 21.3 Å². The number of aryl methyl sites for hydroxylation is 1. The van der Waals surface area contributed by atoms with Gasteiger partial charge in [0.1, 0.15) is 5.82 Å². The summed E-state index contributed by atoms with van der Waals surface area (Å²) in [4.78, 5) is 0. The summed E-state index contributed by atoms with van der Waals surface area (Å²) in [7, 11) is 0. The third kappa shape index (κ3) is 4.03. The SMILES string of the molecule is CCCC1CC(NC(C)c2ccc(C)c(F)c2)CCO1. The largest absolute Gasteiger partial charge is 0.378 e. The minimum Gasteiger partial charge on any atom is -0.378 e. The highest BCUT2D eigenvalue weighted by Crippen LogP contribution is 2.22. The lowest BCUT2D eigenvalue weighted by Gasteiger charge is -2.32. The average molecular weight is 279 g/mol. The van der Waals surface area contributed by atoms with Gasteiger partial charge < -0.3 is 10.1 Å². The summed E-state index contributed by atoms with van der Waals surface area (Å²) in [5.41, 5.74) is 1.72. The first-order chi connectivity index (χ1) is 9.60. The fourth-order valence-electron chi connectivity index (χ4n) is 2.88. The lowest BCUT2D eigenvalue weighted by Crippen LogP contribution is -2.40. The number of nitrogens with one attached hydrogen (secondary N) is 1. The van der Waals surface area contributed by atoms with E-state index in [9.17, 15) is 4.39 Å². The van der Waals surface area contributed by atoms with Gasteiger partial charge in [0.05, 0.1) is 6.10 Å². The van der Waals surface area contributed by atoms with Crippen LogP contribution in [-0.2, 0) is 4.74 Å². The summed E-state index contributed by atoms with van der Waals surface area (Å²) in [6, 6.07) is 6.16. The van der Waals surface area contributed by atoms with Gasteiger partial charge in [-0.05, 0) is 50.3 Å². The molecule has 112 valence electrons. The lowest BCUT2D eigenvalue weighted by molar-refractivity contribution is -0.00473. The molecule has 0 bridgehead atoms. The molecule has 0 radical (unpaired) electrons. The molecule has 2 nitrogen and oxygen atoms in total. The molecule has 0 aromatic heterocycles. The van der Waals surface area contributed by atoms with Crippen LogP contribution in [0.15, 0.2) is 18.2 Å². The predicted octanol–water partition coefficient (Wildman–Crippen LogP) is 4.13. The van der Waals surface area contributed by atoms with Crippen molar-refractivity contribution in [1.82, 2.24) is 5.32 Å². The van der Waals surface area contributed by atoms with E-state index in [-0.39, 0.29) is 11.9 Å². The van der Waals surface area contributed by atoms with E-state index < -0.39 is 0 Å². The summed E-state index contributed by atoms with van der Waals surface area (Å²) in [6.45, 7) is 6.93. The molecule has 20 heavy (non-hydrogen) atoms. The Bertz CT molecular complexity index is 433. The maximum absolute atomic E-state index is 13.6. The number of hydrogen-bond donors (Lipinski definition) is 1. The minimum atomic E-state index is -0.119. The molecule has 1 saturated heterocycles. The number of benzene rings is 1. The highest BCUT2D eigenvalue weighted by Gasteiger charge is 2.23. The normalized spacial score (nSPS) is 24.6. The Morgan fingerprint density at radius 2 is 2.25 bits per heavy atom. The maximum Gasteiger partial charge on any atom is 0.126 e. The molecule has 1 aromatic rings. The van der Waals surface area contributed by atoms with Crippen LogP contribution in [0.2, 0.25) is 0 Å². The fourth-order valence-corrected chi connectivity index (χ4v) is 2.88. The molecule has 1 aliphatic rings. The van der Waals surface area contributed by atoms with Gasteiger partial charge in [-0.25, -0.2) is 4.39 Å². The zero-order chi connectivity index (χ0) is 14.5. The van der Waals surface area contributed by atoms with Gasteiger partial charge in [0.15, 0.2) is 0 Å². The molecular weight excluding hydrogens is 253 g/mol. The first-order valence-electron chi connectivity index (χ1n) is 7.73. The average Bonchev–Trinajstić information content (AvgIpc) is 2.42. The van der Waals surface area contributed by atoms with Gasteiger partial charge in [-0.2, -0.15) is 0 Å². The first-order valence-corrected chi connectivity index (χ1v) is 7.73. The van der Waals surface area contributed by atoms with E-state index in [1.165, 1.54) is 0 Å². The Labute approximate surface area is 121 Å². The molecule has 1 aliphatic heterocycles. The third-order valence-corrected chi connectivity index (χ3v) is 4.16. The Morgan fingerprint density at radius 1 is 1.45 bits per heavy atom. The summed E-state index contributed by atoms with van der Waals surface area (Å²) in [6.07, 6.45) is 4.78. The Kier molecular flexibility index (Phi) is 5.55. The number of rotatable bonds is 5. The van der Waals surface area contributed by atoms with Crippen LogP contribution in [0.1, 0.15) is 56.7 Å². The van der Waals surface area contributed by atoms with Gasteiger partial charge >= 0.3 is 0 Å². The van der Waals surface area contributed by atoms with E-state index in [0.717, 1.165) is 37.9 Å². The summed E-state index contributed by atoms with van der Waals surface area (Å²) >= 11 is 0. The molecular formula is C17H26FNO. The Morgan fingerprint density at radius 3 is 2.95 bits per heavy atom. The molecule has 2 rings (SSSR count). The highest BCUT2D eigenvalue weighted by atomic mass is 19.1. The van der Waals surface area contributed by atoms with Crippen molar-refractivity contribution in [3.63, 3.8) is 0 Å². The highest BCUT2D eigenvalue weighted by molar-refractivity contribution is 5.25. The quantitative estimate of drug-likeness (QED) is 0.875. The summed E-state index contributed by atoms with van der Waals surface area (Å²) in [5.74, 6) is -0.119. The molecule has 1 heterocycles. The van der Waals surface area contributed by atoms with Crippen LogP contribution < -0.4 is 5.32 Å². The van der Waals surface area contributed by atoms with Gasteiger partial charge in [0.2, 0.25) is 0 Å². The van der Waals surface area contributed by atoms with E-state index in [1.54, 1.807) is 13.0 Å². The molecule has 1 fully saturated rings. The van der Waals surface area contributed by atoms with E-state index >= 15 is 0 Å². The van der Waals surface area contributed by atoms with E-state index in [2.05, 4.69) is 19.2 Å². The summed E-state index contributed by atoms with van der Waals surface area (Å²) in [5, 5.41) is 3.62. The van der Waals surface area contributed by atoms with Crippen molar-refractivity contribution in [2.75, 3.05) is 6.61 Å². The molecule has 3 atom stereocenters. The second-order valence-corrected chi connectivity index (χ2v) is 5.90. The second-order valence-electron chi connectivity index (χ2n) is 5.90. The van der Waals surface area contributed by atoms with Crippen LogP contribution in [-0.4, -0.2) is 18.8 Å². The Balaban J connectivity index is 1.93. The maximum atomic E-state index is 13.6. The molecule has 1 N–H and O–H groups in total. The Hall–Kier alpha value is -0.930.